The van der Waals surface area contributed by atoms with E-state index in [1.54, 1.807) is 12.1 Å². The molecular weight excluding hydrogens is 557 g/mol. The van der Waals surface area contributed by atoms with Gasteiger partial charge in [0.2, 0.25) is 11.6 Å². The number of anilines is 2. The van der Waals surface area contributed by atoms with Crippen LogP contribution in [0.3, 0.4) is 0 Å². The average molecular weight is 594 g/mol. The Balaban J connectivity index is 1.89. The van der Waals surface area contributed by atoms with Gasteiger partial charge in [-0.15, -0.1) is 0 Å². The number of rotatable bonds is 14. The van der Waals surface area contributed by atoms with Crippen LogP contribution in [0.5, 0.6) is 23.0 Å². The number of unbranched alkanes of at least 4 members (excludes halogenated alkanes) is 3. The largest absolute Gasteiger partial charge is 0.507 e. The summed E-state index contributed by atoms with van der Waals surface area (Å²) in [5, 5.41) is 24.1. The van der Waals surface area contributed by atoms with E-state index < -0.39 is 51.5 Å². The Morgan fingerprint density at radius 1 is 0.721 bits per heavy atom. The van der Waals surface area contributed by atoms with Crippen molar-refractivity contribution < 1.29 is 43.2 Å². The van der Waals surface area contributed by atoms with E-state index in [0.717, 1.165) is 37.8 Å². The molecule has 228 valence electrons. The minimum atomic E-state index is -1.10. The van der Waals surface area contributed by atoms with Crippen molar-refractivity contribution in [2.75, 3.05) is 25.1 Å². The van der Waals surface area contributed by atoms with Crippen LogP contribution in [0.4, 0.5) is 15.8 Å². The highest BCUT2D eigenvalue weighted by atomic mass is 19.1. The lowest BCUT2D eigenvalue weighted by Gasteiger charge is -2.27. The molecule has 0 aliphatic heterocycles. The van der Waals surface area contributed by atoms with Crippen LogP contribution in [0.25, 0.3) is 0 Å². The Hall–Kier alpha value is -4.60. The molecule has 0 atom stereocenters. The van der Waals surface area contributed by atoms with E-state index in [1.807, 2.05) is 20.8 Å². The van der Waals surface area contributed by atoms with Gasteiger partial charge in [-0.05, 0) is 55.7 Å². The van der Waals surface area contributed by atoms with E-state index in [0.29, 0.717) is 30.7 Å². The van der Waals surface area contributed by atoms with Crippen LogP contribution < -0.4 is 14.8 Å². The summed E-state index contributed by atoms with van der Waals surface area (Å²) in [6.07, 6.45) is 4.37. The number of aromatic hydroxyl groups is 2. The Kier molecular flexibility index (Phi) is 10.2. The summed E-state index contributed by atoms with van der Waals surface area (Å²) < 4.78 is 33.4. The zero-order chi connectivity index (χ0) is 31.1. The molecule has 1 aliphatic carbocycles. The zero-order valence-corrected chi connectivity index (χ0v) is 24.5. The third-order valence-corrected chi connectivity index (χ3v) is 7.03. The number of phenols is 2. The van der Waals surface area contributed by atoms with E-state index in [2.05, 4.69) is 5.32 Å². The van der Waals surface area contributed by atoms with Gasteiger partial charge in [-0.25, -0.2) is 9.18 Å². The average Bonchev–Trinajstić information content (AvgIpc) is 2.99. The summed E-state index contributed by atoms with van der Waals surface area (Å²) >= 11 is 0. The number of phenolic OH excluding ortho intramolecular Hbond substituents is 2. The third kappa shape index (κ3) is 6.43. The summed E-state index contributed by atoms with van der Waals surface area (Å²) in [7, 11) is 0. The van der Waals surface area contributed by atoms with Crippen LogP contribution in [-0.4, -0.2) is 47.6 Å². The first-order valence-corrected chi connectivity index (χ1v) is 14.6. The third-order valence-electron chi connectivity index (χ3n) is 7.03. The minimum Gasteiger partial charge on any atom is -0.507 e. The number of fused-ring (bicyclic) bond motifs is 2. The first-order chi connectivity index (χ1) is 20.7. The molecule has 0 fully saturated rings. The van der Waals surface area contributed by atoms with Crippen molar-refractivity contribution in [1.29, 1.82) is 0 Å². The van der Waals surface area contributed by atoms with E-state index in [9.17, 15) is 24.6 Å². The van der Waals surface area contributed by atoms with Gasteiger partial charge in [-0.3, -0.25) is 9.59 Å². The molecule has 4 rings (SSSR count). The molecule has 0 unspecified atom stereocenters. The fraction of sp³-hybridized carbons (Fsp3) is 0.364. The molecule has 0 heterocycles. The van der Waals surface area contributed by atoms with Gasteiger partial charge in [-0.1, -0.05) is 40.0 Å². The second-order valence-electron chi connectivity index (χ2n) is 10.2. The normalized spacial score (nSPS) is 12.0. The maximum absolute atomic E-state index is 16.3. The van der Waals surface area contributed by atoms with E-state index in [-0.39, 0.29) is 36.0 Å². The van der Waals surface area contributed by atoms with Crippen molar-refractivity contribution >= 4 is 28.9 Å². The van der Waals surface area contributed by atoms with Gasteiger partial charge in [0.1, 0.15) is 11.5 Å². The quantitative estimate of drug-likeness (QED) is 0.0798. The first-order valence-electron chi connectivity index (χ1n) is 14.6. The Morgan fingerprint density at radius 2 is 1.23 bits per heavy atom. The number of hydrogen-bond acceptors (Lipinski definition) is 9. The van der Waals surface area contributed by atoms with Gasteiger partial charge in [-0.2, -0.15) is 0 Å². The van der Waals surface area contributed by atoms with Crippen LogP contribution in [0.1, 0.15) is 101 Å². The molecule has 0 saturated carbocycles. The summed E-state index contributed by atoms with van der Waals surface area (Å²) in [4.78, 5) is 40.0. The summed E-state index contributed by atoms with van der Waals surface area (Å²) in [6.45, 7) is 6.48. The molecule has 43 heavy (non-hydrogen) atoms. The van der Waals surface area contributed by atoms with Crippen molar-refractivity contribution in [3.63, 3.8) is 0 Å². The number of ether oxygens (including phenoxy) is 3. The maximum Gasteiger partial charge on any atom is 0.338 e. The Bertz CT molecular complexity index is 1520. The highest BCUT2D eigenvalue weighted by molar-refractivity contribution is 6.32. The fourth-order valence-corrected chi connectivity index (χ4v) is 4.66. The van der Waals surface area contributed by atoms with Gasteiger partial charge in [0.05, 0.1) is 53.3 Å². The van der Waals surface area contributed by atoms with E-state index >= 15 is 4.39 Å². The Labute approximate surface area is 249 Å². The molecule has 0 amide bonds. The summed E-state index contributed by atoms with van der Waals surface area (Å²) in [6, 6.07) is 8.38. The fourth-order valence-electron chi connectivity index (χ4n) is 4.66. The van der Waals surface area contributed by atoms with Crippen molar-refractivity contribution in [2.45, 2.75) is 59.3 Å². The number of ketones is 2. The monoisotopic (exact) mass is 593 g/mol. The van der Waals surface area contributed by atoms with Crippen molar-refractivity contribution in [1.82, 2.24) is 0 Å². The van der Waals surface area contributed by atoms with Gasteiger partial charge in [0.25, 0.3) is 0 Å². The SMILES string of the molecule is CCCCOC(=O)c1ccc(Nc2c(OCCCC)c(OCCCC)c(F)c3c2C(=O)c2c(O)ccc(O)c2C3=O)cc1. The molecular formula is C33H36FNO8. The second-order valence-corrected chi connectivity index (χ2v) is 10.2. The van der Waals surface area contributed by atoms with Gasteiger partial charge in [0, 0.05) is 5.69 Å². The van der Waals surface area contributed by atoms with Crippen molar-refractivity contribution in [2.24, 2.45) is 0 Å². The molecule has 0 bridgehead atoms. The predicted octanol–water partition coefficient (Wildman–Crippen LogP) is 7.07. The van der Waals surface area contributed by atoms with Crippen LogP contribution in [-0.2, 0) is 4.74 Å². The molecule has 0 saturated heterocycles. The number of benzene rings is 3. The molecule has 10 heteroatoms. The highest BCUT2D eigenvalue weighted by Gasteiger charge is 2.42. The molecule has 0 aromatic heterocycles. The molecule has 9 nitrogen and oxygen atoms in total. The predicted molar refractivity (Wildman–Crippen MR) is 159 cm³/mol. The van der Waals surface area contributed by atoms with Crippen LogP contribution in [0.15, 0.2) is 36.4 Å². The molecule has 3 aromatic carbocycles. The van der Waals surface area contributed by atoms with Gasteiger partial charge >= 0.3 is 5.97 Å². The number of hydrogen-bond donors (Lipinski definition) is 3. The number of halogens is 1. The lowest BCUT2D eigenvalue weighted by Crippen LogP contribution is -2.25. The second kappa shape index (κ2) is 14.0. The van der Waals surface area contributed by atoms with Crippen LogP contribution in [0.2, 0.25) is 0 Å². The summed E-state index contributed by atoms with van der Waals surface area (Å²) in [5.41, 5.74) is -1.24. The highest BCUT2D eigenvalue weighted by Crippen LogP contribution is 2.49. The van der Waals surface area contributed by atoms with Gasteiger partial charge < -0.3 is 29.7 Å². The Morgan fingerprint density at radius 3 is 1.79 bits per heavy atom. The molecule has 0 radical (unpaired) electrons. The summed E-state index contributed by atoms with van der Waals surface area (Å²) in [5.74, 6) is -4.99. The zero-order valence-electron chi connectivity index (χ0n) is 24.5. The lowest BCUT2D eigenvalue weighted by atomic mass is 9.81. The smallest absolute Gasteiger partial charge is 0.338 e. The van der Waals surface area contributed by atoms with Gasteiger partial charge in [0.15, 0.2) is 17.3 Å². The lowest BCUT2D eigenvalue weighted by molar-refractivity contribution is 0.0499. The standard InChI is InChI=1S/C33H36FNO8/c1-4-7-16-41-31-27(34)25-26(30(39)24-22(37)15-14-21(36)23(24)29(25)38)28(32(31)42-17-8-5-2)35-20-12-10-19(11-13-20)33(40)43-18-9-6-3/h10-15,35-37H,4-9,16-18H2,1-3H3. The molecule has 0 spiro atoms. The van der Waals surface area contributed by atoms with Crippen molar-refractivity contribution in [3.8, 4) is 23.0 Å². The van der Waals surface area contributed by atoms with Crippen LogP contribution >= 0.6 is 0 Å². The molecule has 3 N–H and O–H groups in total. The number of esters is 1. The number of carbonyl (C=O) groups excluding carboxylic acids is 3. The van der Waals surface area contributed by atoms with Crippen LogP contribution in [0, 0.1) is 5.82 Å². The number of nitrogens with one attached hydrogen (secondary N) is 1. The molecule has 3 aromatic rings. The van der Waals surface area contributed by atoms with Crippen molar-refractivity contribution in [3.05, 3.63) is 70.0 Å². The molecule has 1 aliphatic rings. The minimum absolute atomic E-state index is 0.0379. The topological polar surface area (TPSA) is 131 Å². The maximum atomic E-state index is 16.3. The van der Waals surface area contributed by atoms with E-state index in [4.69, 9.17) is 14.2 Å². The number of carbonyl (C=O) groups is 3. The first kappa shape index (κ1) is 31.3. The van der Waals surface area contributed by atoms with E-state index in [1.165, 1.54) is 12.1 Å².